The highest BCUT2D eigenvalue weighted by molar-refractivity contribution is 5.85. The number of aromatic amines is 1. The summed E-state index contributed by atoms with van der Waals surface area (Å²) in [6.07, 6.45) is 7.64. The van der Waals surface area contributed by atoms with E-state index in [1.165, 1.54) is 60.7 Å². The molecule has 1 nitrogen and oxygen atoms in total. The van der Waals surface area contributed by atoms with E-state index >= 15 is 0 Å². The second-order valence-corrected chi connectivity index (χ2v) is 4.92. The minimum atomic E-state index is 1.19. The van der Waals surface area contributed by atoms with E-state index in [4.69, 9.17) is 0 Å². The minimum Gasteiger partial charge on any atom is -0.358 e. The molecule has 0 amide bonds. The van der Waals surface area contributed by atoms with Gasteiger partial charge < -0.3 is 4.98 Å². The lowest BCUT2D eigenvalue weighted by Crippen LogP contribution is -1.99. The van der Waals surface area contributed by atoms with Gasteiger partial charge in [0.05, 0.1) is 0 Å². The van der Waals surface area contributed by atoms with Crippen LogP contribution in [0.4, 0.5) is 0 Å². The van der Waals surface area contributed by atoms with Crippen LogP contribution >= 0.6 is 0 Å². The molecular formula is C15H19N. The highest BCUT2D eigenvalue weighted by Gasteiger charge is 2.14. The van der Waals surface area contributed by atoms with E-state index in [-0.39, 0.29) is 0 Å². The largest absolute Gasteiger partial charge is 0.358 e. The van der Waals surface area contributed by atoms with Gasteiger partial charge in [-0.25, -0.2) is 0 Å². The summed E-state index contributed by atoms with van der Waals surface area (Å²) in [4.78, 5) is 3.61. The Bertz CT molecular complexity index is 507. The Morgan fingerprint density at radius 3 is 2.94 bits per heavy atom. The maximum Gasteiger partial charge on any atom is 0.0461 e. The molecule has 0 aliphatic heterocycles. The molecule has 1 aliphatic carbocycles. The molecule has 0 atom stereocenters. The molecule has 16 heavy (non-hydrogen) atoms. The summed E-state index contributed by atoms with van der Waals surface area (Å²) in [5.74, 6) is 0. The predicted molar refractivity (Wildman–Crippen MR) is 68.9 cm³/mol. The standard InChI is InChI=1S/C15H19N/c1-2-5-11-8-9-13-12-6-3-4-7-14(12)16-15(13)10-11/h8-10,16H,2-7H2,1H3. The second-order valence-electron chi connectivity index (χ2n) is 4.92. The molecule has 1 aromatic carbocycles. The Kier molecular flexibility index (Phi) is 2.47. The Morgan fingerprint density at radius 1 is 1.19 bits per heavy atom. The molecule has 1 heterocycles. The van der Waals surface area contributed by atoms with Gasteiger partial charge in [-0.3, -0.25) is 0 Å². The van der Waals surface area contributed by atoms with E-state index in [2.05, 4.69) is 30.1 Å². The Morgan fingerprint density at radius 2 is 2.06 bits per heavy atom. The average Bonchev–Trinajstić information content (AvgIpc) is 2.67. The van der Waals surface area contributed by atoms with Gasteiger partial charge >= 0.3 is 0 Å². The van der Waals surface area contributed by atoms with Crippen molar-refractivity contribution in [2.75, 3.05) is 0 Å². The summed E-state index contributed by atoms with van der Waals surface area (Å²) < 4.78 is 0. The molecule has 0 fully saturated rings. The number of aryl methyl sites for hydroxylation is 3. The first-order chi connectivity index (χ1) is 7.88. The molecule has 0 bridgehead atoms. The molecular weight excluding hydrogens is 194 g/mol. The van der Waals surface area contributed by atoms with Crippen molar-refractivity contribution < 1.29 is 0 Å². The zero-order valence-electron chi connectivity index (χ0n) is 9.97. The zero-order valence-corrected chi connectivity index (χ0v) is 9.97. The highest BCUT2D eigenvalue weighted by Crippen LogP contribution is 2.29. The van der Waals surface area contributed by atoms with Crippen molar-refractivity contribution >= 4 is 10.9 Å². The number of hydrogen-bond donors (Lipinski definition) is 1. The maximum atomic E-state index is 3.61. The summed E-state index contributed by atoms with van der Waals surface area (Å²) in [7, 11) is 0. The van der Waals surface area contributed by atoms with Crippen LogP contribution in [0.25, 0.3) is 10.9 Å². The molecule has 1 aromatic heterocycles. The van der Waals surface area contributed by atoms with Gasteiger partial charge in [0.25, 0.3) is 0 Å². The molecule has 3 rings (SSSR count). The first kappa shape index (κ1) is 9.95. The lowest BCUT2D eigenvalue weighted by atomic mass is 9.95. The number of nitrogens with one attached hydrogen (secondary N) is 1. The van der Waals surface area contributed by atoms with Crippen LogP contribution in [0.1, 0.15) is 43.0 Å². The van der Waals surface area contributed by atoms with Crippen molar-refractivity contribution in [1.82, 2.24) is 4.98 Å². The summed E-state index contributed by atoms with van der Waals surface area (Å²) in [6, 6.07) is 6.96. The summed E-state index contributed by atoms with van der Waals surface area (Å²) in [6.45, 7) is 2.24. The second kappa shape index (κ2) is 3.97. The lowest BCUT2D eigenvalue weighted by molar-refractivity contribution is 0.680. The van der Waals surface area contributed by atoms with Crippen molar-refractivity contribution in [1.29, 1.82) is 0 Å². The molecule has 0 spiro atoms. The molecule has 84 valence electrons. The van der Waals surface area contributed by atoms with Crippen LogP contribution in [0.15, 0.2) is 18.2 Å². The van der Waals surface area contributed by atoms with Gasteiger partial charge in [0.1, 0.15) is 0 Å². The first-order valence-corrected chi connectivity index (χ1v) is 6.51. The molecule has 0 saturated carbocycles. The van der Waals surface area contributed by atoms with Gasteiger partial charge in [-0.05, 0) is 49.3 Å². The molecule has 1 heteroatoms. The van der Waals surface area contributed by atoms with Gasteiger partial charge in [0.2, 0.25) is 0 Å². The highest BCUT2D eigenvalue weighted by atomic mass is 14.7. The van der Waals surface area contributed by atoms with Crippen LogP contribution in [-0.4, -0.2) is 4.98 Å². The number of H-pyrrole nitrogens is 1. The summed E-state index contributed by atoms with van der Waals surface area (Å²) in [5, 5.41) is 1.47. The van der Waals surface area contributed by atoms with Crippen LogP contribution in [-0.2, 0) is 19.3 Å². The minimum absolute atomic E-state index is 1.19. The number of rotatable bonds is 2. The van der Waals surface area contributed by atoms with Crippen molar-refractivity contribution in [3.05, 3.63) is 35.0 Å². The van der Waals surface area contributed by atoms with Crippen LogP contribution in [0.5, 0.6) is 0 Å². The number of benzene rings is 1. The maximum absolute atomic E-state index is 3.61. The number of hydrogen-bond acceptors (Lipinski definition) is 0. The smallest absolute Gasteiger partial charge is 0.0461 e. The Balaban J connectivity index is 2.11. The first-order valence-electron chi connectivity index (χ1n) is 6.51. The van der Waals surface area contributed by atoms with Crippen molar-refractivity contribution in [3.63, 3.8) is 0 Å². The molecule has 1 N–H and O–H groups in total. The number of aromatic nitrogens is 1. The number of fused-ring (bicyclic) bond motifs is 3. The third-order valence-corrected chi connectivity index (χ3v) is 3.70. The van der Waals surface area contributed by atoms with Crippen LogP contribution in [0.3, 0.4) is 0 Å². The monoisotopic (exact) mass is 213 g/mol. The summed E-state index contributed by atoms with van der Waals surface area (Å²) >= 11 is 0. The normalized spacial score (nSPS) is 15.3. The SMILES string of the molecule is CCCc1ccc2c3c([nH]c2c1)CCCC3. The fraction of sp³-hybridized carbons (Fsp3) is 0.467. The van der Waals surface area contributed by atoms with E-state index in [1.54, 1.807) is 5.56 Å². The third-order valence-electron chi connectivity index (χ3n) is 3.70. The van der Waals surface area contributed by atoms with E-state index in [0.717, 1.165) is 0 Å². The van der Waals surface area contributed by atoms with Crippen molar-refractivity contribution in [3.8, 4) is 0 Å². The van der Waals surface area contributed by atoms with Crippen molar-refractivity contribution in [2.45, 2.75) is 45.4 Å². The van der Waals surface area contributed by atoms with Crippen LogP contribution in [0, 0.1) is 0 Å². The van der Waals surface area contributed by atoms with E-state index in [1.807, 2.05) is 0 Å². The Labute approximate surface area is 96.9 Å². The zero-order chi connectivity index (χ0) is 11.0. The van der Waals surface area contributed by atoms with Gasteiger partial charge in [0.15, 0.2) is 0 Å². The van der Waals surface area contributed by atoms with Gasteiger partial charge in [-0.2, -0.15) is 0 Å². The summed E-state index contributed by atoms with van der Waals surface area (Å²) in [5.41, 5.74) is 5.91. The Hall–Kier alpha value is -1.24. The predicted octanol–water partition coefficient (Wildman–Crippen LogP) is 4.00. The van der Waals surface area contributed by atoms with E-state index in [0.29, 0.717) is 0 Å². The van der Waals surface area contributed by atoms with Gasteiger partial charge in [-0.15, -0.1) is 0 Å². The van der Waals surface area contributed by atoms with Crippen molar-refractivity contribution in [2.24, 2.45) is 0 Å². The molecule has 1 aliphatic rings. The average molecular weight is 213 g/mol. The molecule has 2 aromatic rings. The van der Waals surface area contributed by atoms with E-state index in [9.17, 15) is 0 Å². The fourth-order valence-corrected chi connectivity index (χ4v) is 2.91. The van der Waals surface area contributed by atoms with Crippen LogP contribution in [0.2, 0.25) is 0 Å². The fourth-order valence-electron chi connectivity index (χ4n) is 2.91. The molecule has 0 unspecified atom stereocenters. The van der Waals surface area contributed by atoms with Gasteiger partial charge in [-0.1, -0.05) is 25.5 Å². The van der Waals surface area contributed by atoms with Gasteiger partial charge in [0, 0.05) is 16.6 Å². The molecule has 0 radical (unpaired) electrons. The van der Waals surface area contributed by atoms with Crippen LogP contribution < -0.4 is 0 Å². The quantitative estimate of drug-likeness (QED) is 0.776. The third kappa shape index (κ3) is 1.55. The molecule has 0 saturated heterocycles. The van der Waals surface area contributed by atoms with E-state index < -0.39 is 0 Å². The lowest BCUT2D eigenvalue weighted by Gasteiger charge is -2.10. The topological polar surface area (TPSA) is 15.8 Å².